The van der Waals surface area contributed by atoms with Crippen LogP contribution in [0, 0.1) is 0 Å². The predicted molar refractivity (Wildman–Crippen MR) is 94.5 cm³/mol. The first-order valence-corrected chi connectivity index (χ1v) is 8.97. The summed E-state index contributed by atoms with van der Waals surface area (Å²) in [7, 11) is 0. The minimum Gasteiger partial charge on any atom is -0.381 e. The highest BCUT2D eigenvalue weighted by atomic mass is 16.5. The van der Waals surface area contributed by atoms with Crippen LogP contribution in [0.2, 0.25) is 0 Å². The zero-order chi connectivity index (χ0) is 17.1. The quantitative estimate of drug-likeness (QED) is 0.789. The molecule has 1 aromatic carbocycles. The van der Waals surface area contributed by atoms with Crippen molar-refractivity contribution in [3.8, 4) is 0 Å². The van der Waals surface area contributed by atoms with Crippen LogP contribution in [0.25, 0.3) is 0 Å². The van der Waals surface area contributed by atoms with Gasteiger partial charge < -0.3 is 15.4 Å². The zero-order valence-electron chi connectivity index (χ0n) is 14.3. The molecule has 0 bridgehead atoms. The molecule has 4 rings (SSSR count). The Morgan fingerprint density at radius 1 is 1.24 bits per heavy atom. The molecule has 2 aliphatic heterocycles. The Balaban J connectivity index is 1.52. The highest BCUT2D eigenvalue weighted by Gasteiger charge is 2.35. The van der Waals surface area contributed by atoms with Gasteiger partial charge in [0.2, 0.25) is 0 Å². The van der Waals surface area contributed by atoms with E-state index in [1.54, 1.807) is 0 Å². The number of carbonyl (C=O) groups excluding carboxylic acids is 1. The van der Waals surface area contributed by atoms with Crippen LogP contribution in [0.5, 0.6) is 0 Å². The highest BCUT2D eigenvalue weighted by Crippen LogP contribution is 2.34. The number of aromatic amines is 1. The fourth-order valence-corrected chi connectivity index (χ4v) is 3.87. The van der Waals surface area contributed by atoms with Gasteiger partial charge in [0.15, 0.2) is 5.69 Å². The van der Waals surface area contributed by atoms with E-state index in [0.29, 0.717) is 18.8 Å². The standard InChI is InChI=1S/C19H24N4O2/c24-18(17-15-12-20-9-6-16(15)22-23-17)21-13-19(7-10-25-11-8-19)14-4-2-1-3-5-14/h1-5,20H,6-13H2,(H,21,24)(H,22,23). The molecular formula is C19H24N4O2. The number of amides is 1. The molecule has 0 aliphatic carbocycles. The van der Waals surface area contributed by atoms with Gasteiger partial charge in [-0.1, -0.05) is 30.3 Å². The van der Waals surface area contributed by atoms with Crippen molar-refractivity contribution in [3.63, 3.8) is 0 Å². The normalized spacial score (nSPS) is 19.2. The molecule has 1 amide bonds. The molecule has 0 radical (unpaired) electrons. The fraction of sp³-hybridized carbons (Fsp3) is 0.474. The molecule has 6 nitrogen and oxygen atoms in total. The van der Waals surface area contributed by atoms with E-state index in [0.717, 1.165) is 50.3 Å². The van der Waals surface area contributed by atoms with Gasteiger partial charge in [0, 0.05) is 55.9 Å². The molecule has 2 aliphatic rings. The number of nitrogens with zero attached hydrogens (tertiary/aromatic N) is 1. The molecular weight excluding hydrogens is 316 g/mol. The Morgan fingerprint density at radius 3 is 2.84 bits per heavy atom. The third-order valence-corrected chi connectivity index (χ3v) is 5.44. The van der Waals surface area contributed by atoms with Gasteiger partial charge in [-0.3, -0.25) is 9.89 Å². The van der Waals surface area contributed by atoms with Crippen molar-refractivity contribution in [1.29, 1.82) is 0 Å². The zero-order valence-corrected chi connectivity index (χ0v) is 14.3. The van der Waals surface area contributed by atoms with E-state index in [9.17, 15) is 4.79 Å². The van der Waals surface area contributed by atoms with Gasteiger partial charge in [0.1, 0.15) is 0 Å². The summed E-state index contributed by atoms with van der Waals surface area (Å²) >= 11 is 0. The van der Waals surface area contributed by atoms with Gasteiger partial charge in [0.05, 0.1) is 0 Å². The Kier molecular flexibility index (Phi) is 4.55. The molecule has 132 valence electrons. The number of benzene rings is 1. The third kappa shape index (κ3) is 3.19. The van der Waals surface area contributed by atoms with E-state index < -0.39 is 0 Å². The van der Waals surface area contributed by atoms with Gasteiger partial charge in [0.25, 0.3) is 5.91 Å². The van der Waals surface area contributed by atoms with Gasteiger partial charge in [-0.25, -0.2) is 0 Å². The molecule has 0 unspecified atom stereocenters. The SMILES string of the molecule is O=C(NCC1(c2ccccc2)CCOCC1)c1n[nH]c2c1CNCC2. The number of hydrogen-bond acceptors (Lipinski definition) is 4. The smallest absolute Gasteiger partial charge is 0.272 e. The van der Waals surface area contributed by atoms with Crippen LogP contribution in [0.1, 0.15) is 40.2 Å². The molecule has 3 heterocycles. The van der Waals surface area contributed by atoms with Crippen molar-refractivity contribution in [2.24, 2.45) is 0 Å². The van der Waals surface area contributed by atoms with Crippen LogP contribution in [-0.2, 0) is 23.1 Å². The summed E-state index contributed by atoms with van der Waals surface area (Å²) in [5.74, 6) is -0.0944. The van der Waals surface area contributed by atoms with Crippen molar-refractivity contribution >= 4 is 5.91 Å². The Labute approximate surface area is 147 Å². The topological polar surface area (TPSA) is 79.0 Å². The summed E-state index contributed by atoms with van der Waals surface area (Å²) in [4.78, 5) is 12.7. The Morgan fingerprint density at radius 2 is 2.04 bits per heavy atom. The third-order valence-electron chi connectivity index (χ3n) is 5.44. The van der Waals surface area contributed by atoms with E-state index in [2.05, 4.69) is 45.1 Å². The molecule has 0 spiro atoms. The van der Waals surface area contributed by atoms with Crippen LogP contribution in [0.4, 0.5) is 0 Å². The second-order valence-electron chi connectivity index (χ2n) is 6.90. The van der Waals surface area contributed by atoms with Gasteiger partial charge in [-0.05, 0) is 18.4 Å². The lowest BCUT2D eigenvalue weighted by Gasteiger charge is -2.38. The first-order valence-electron chi connectivity index (χ1n) is 8.97. The summed E-state index contributed by atoms with van der Waals surface area (Å²) in [6.07, 6.45) is 2.72. The number of fused-ring (bicyclic) bond motifs is 1. The summed E-state index contributed by atoms with van der Waals surface area (Å²) < 4.78 is 5.56. The van der Waals surface area contributed by atoms with E-state index in [4.69, 9.17) is 4.74 Å². The van der Waals surface area contributed by atoms with Crippen molar-refractivity contribution in [2.75, 3.05) is 26.3 Å². The molecule has 1 saturated heterocycles. The predicted octanol–water partition coefficient (Wildman–Crippen LogP) is 1.53. The molecule has 6 heteroatoms. The van der Waals surface area contributed by atoms with Crippen molar-refractivity contribution in [1.82, 2.24) is 20.8 Å². The highest BCUT2D eigenvalue weighted by molar-refractivity contribution is 5.94. The van der Waals surface area contributed by atoms with Crippen LogP contribution in [0.3, 0.4) is 0 Å². The number of aromatic nitrogens is 2. The lowest BCUT2D eigenvalue weighted by Crippen LogP contribution is -2.45. The monoisotopic (exact) mass is 340 g/mol. The summed E-state index contributed by atoms with van der Waals surface area (Å²) in [5, 5.41) is 13.7. The average Bonchev–Trinajstić information content (AvgIpc) is 3.12. The van der Waals surface area contributed by atoms with Crippen LogP contribution in [-0.4, -0.2) is 42.4 Å². The minimum atomic E-state index is -0.0944. The first-order chi connectivity index (χ1) is 12.3. The van der Waals surface area contributed by atoms with Crippen molar-refractivity contribution in [2.45, 2.75) is 31.2 Å². The maximum absolute atomic E-state index is 12.7. The van der Waals surface area contributed by atoms with Crippen LogP contribution in [0.15, 0.2) is 30.3 Å². The van der Waals surface area contributed by atoms with Gasteiger partial charge >= 0.3 is 0 Å². The first kappa shape index (κ1) is 16.3. The van der Waals surface area contributed by atoms with E-state index in [-0.39, 0.29) is 11.3 Å². The van der Waals surface area contributed by atoms with E-state index in [1.165, 1.54) is 5.56 Å². The molecule has 25 heavy (non-hydrogen) atoms. The van der Waals surface area contributed by atoms with Crippen molar-refractivity contribution in [3.05, 3.63) is 52.8 Å². The second kappa shape index (κ2) is 6.98. The van der Waals surface area contributed by atoms with E-state index >= 15 is 0 Å². The number of rotatable bonds is 4. The molecule has 1 aromatic heterocycles. The number of nitrogens with one attached hydrogen (secondary N) is 3. The summed E-state index contributed by atoms with van der Waals surface area (Å²) in [5.41, 5.74) is 3.81. The Bertz CT molecular complexity index is 735. The second-order valence-corrected chi connectivity index (χ2v) is 6.90. The van der Waals surface area contributed by atoms with Gasteiger partial charge in [-0.2, -0.15) is 5.10 Å². The summed E-state index contributed by atoms with van der Waals surface area (Å²) in [6, 6.07) is 10.4. The largest absolute Gasteiger partial charge is 0.381 e. The summed E-state index contributed by atoms with van der Waals surface area (Å²) in [6.45, 7) is 3.69. The molecule has 2 aromatic rings. The van der Waals surface area contributed by atoms with Crippen LogP contribution < -0.4 is 10.6 Å². The van der Waals surface area contributed by atoms with Crippen molar-refractivity contribution < 1.29 is 9.53 Å². The number of carbonyl (C=O) groups is 1. The van der Waals surface area contributed by atoms with Gasteiger partial charge in [-0.15, -0.1) is 0 Å². The molecule has 3 N–H and O–H groups in total. The maximum atomic E-state index is 12.7. The number of hydrogen-bond donors (Lipinski definition) is 3. The Hall–Kier alpha value is -2.18. The fourth-order valence-electron chi connectivity index (χ4n) is 3.87. The lowest BCUT2D eigenvalue weighted by atomic mass is 9.74. The molecule has 0 saturated carbocycles. The van der Waals surface area contributed by atoms with Crippen LogP contribution >= 0.6 is 0 Å². The molecule has 1 fully saturated rings. The maximum Gasteiger partial charge on any atom is 0.272 e. The lowest BCUT2D eigenvalue weighted by molar-refractivity contribution is 0.0486. The average molecular weight is 340 g/mol. The van der Waals surface area contributed by atoms with E-state index in [1.807, 2.05) is 6.07 Å². The molecule has 0 atom stereocenters. The minimum absolute atomic E-state index is 0.0657. The number of ether oxygens (including phenoxy) is 1. The number of H-pyrrole nitrogens is 1.